The van der Waals surface area contributed by atoms with Crippen LogP contribution in [0.5, 0.6) is 0 Å². The van der Waals surface area contributed by atoms with Crippen molar-refractivity contribution >= 4 is 34.1 Å². The van der Waals surface area contributed by atoms with Crippen LogP contribution in [0.15, 0.2) is 16.9 Å². The fourth-order valence-corrected chi connectivity index (χ4v) is 4.62. The predicted molar refractivity (Wildman–Crippen MR) is 118 cm³/mol. The van der Waals surface area contributed by atoms with Gasteiger partial charge in [-0.1, -0.05) is 43.5 Å². The van der Waals surface area contributed by atoms with Crippen LogP contribution in [0.2, 0.25) is 10.0 Å². The molecule has 0 unspecified atom stereocenters. The molecule has 1 fully saturated rings. The second-order valence-electron chi connectivity index (χ2n) is 7.97. The number of nitrogens with zero attached hydrogens (tertiary/aromatic N) is 4. The lowest BCUT2D eigenvalue weighted by atomic mass is 10.1. The molecule has 2 aromatic rings. The molecule has 0 aliphatic carbocycles. The minimum atomic E-state index is -0.0397. The zero-order valence-corrected chi connectivity index (χ0v) is 18.7. The van der Waals surface area contributed by atoms with E-state index in [1.54, 1.807) is 12.1 Å². The van der Waals surface area contributed by atoms with E-state index >= 15 is 0 Å². The average Bonchev–Trinajstić information content (AvgIpc) is 2.81. The number of halogens is 2. The summed E-state index contributed by atoms with van der Waals surface area (Å²) in [5.41, 5.74) is 0.586. The summed E-state index contributed by atoms with van der Waals surface area (Å²) >= 11 is 12.4. The molecule has 0 spiro atoms. The Morgan fingerprint density at radius 1 is 1.18 bits per heavy atom. The van der Waals surface area contributed by atoms with Crippen LogP contribution >= 0.6 is 23.2 Å². The van der Waals surface area contributed by atoms with Crippen molar-refractivity contribution in [3.05, 3.63) is 38.4 Å². The molecule has 2 atom stereocenters. The van der Waals surface area contributed by atoms with Gasteiger partial charge >= 0.3 is 0 Å². The second kappa shape index (κ2) is 9.12. The first-order valence-electron chi connectivity index (χ1n) is 10.2. The van der Waals surface area contributed by atoms with E-state index < -0.39 is 0 Å². The monoisotopic (exact) mass is 424 g/mol. The summed E-state index contributed by atoms with van der Waals surface area (Å²) in [6.07, 6.45) is 2.00. The van der Waals surface area contributed by atoms with Gasteiger partial charge in [0.15, 0.2) is 0 Å². The maximum absolute atomic E-state index is 13.2. The Hall–Kier alpha value is -1.14. The van der Waals surface area contributed by atoms with Gasteiger partial charge in [0.2, 0.25) is 0 Å². The zero-order valence-electron chi connectivity index (χ0n) is 17.2. The van der Waals surface area contributed by atoms with Gasteiger partial charge in [0.1, 0.15) is 5.82 Å². The number of hydrogen-bond acceptors (Lipinski definition) is 4. The maximum atomic E-state index is 13.2. The third kappa shape index (κ3) is 4.38. The third-order valence-corrected chi connectivity index (χ3v) is 6.30. The van der Waals surface area contributed by atoms with E-state index in [0.717, 1.165) is 44.8 Å². The third-order valence-electron chi connectivity index (χ3n) is 5.58. The van der Waals surface area contributed by atoms with Crippen LogP contribution in [0.25, 0.3) is 10.9 Å². The van der Waals surface area contributed by atoms with Gasteiger partial charge < -0.3 is 4.90 Å². The number of benzene rings is 1. The highest BCUT2D eigenvalue weighted by Crippen LogP contribution is 2.30. The summed E-state index contributed by atoms with van der Waals surface area (Å²) in [4.78, 5) is 23.1. The topological polar surface area (TPSA) is 41.4 Å². The normalized spacial score (nSPS) is 20.4. The van der Waals surface area contributed by atoms with Gasteiger partial charge in [-0.2, -0.15) is 0 Å². The number of fused-ring (bicyclic) bond motifs is 1. The summed E-state index contributed by atoms with van der Waals surface area (Å²) in [5, 5.41) is 1.34. The van der Waals surface area contributed by atoms with Crippen molar-refractivity contribution in [1.29, 1.82) is 0 Å². The SMILES string of the molecule is CCC[C@H](c1nc2cc(Cl)c(Cl)cc2c(=O)n1CC)N1CCN(C)C[C@@H](C)C1. The molecule has 5 nitrogen and oxygen atoms in total. The molecule has 1 aromatic carbocycles. The summed E-state index contributed by atoms with van der Waals surface area (Å²) < 4.78 is 1.81. The van der Waals surface area contributed by atoms with Gasteiger partial charge in [-0.15, -0.1) is 0 Å². The van der Waals surface area contributed by atoms with Crippen LogP contribution in [0, 0.1) is 5.92 Å². The van der Waals surface area contributed by atoms with Crippen LogP contribution in [-0.2, 0) is 6.54 Å². The molecular formula is C21H30Cl2N4O. The molecule has 7 heteroatoms. The van der Waals surface area contributed by atoms with Crippen LogP contribution in [-0.4, -0.2) is 52.6 Å². The van der Waals surface area contributed by atoms with Crippen LogP contribution < -0.4 is 5.56 Å². The Morgan fingerprint density at radius 2 is 1.89 bits per heavy atom. The van der Waals surface area contributed by atoms with Gasteiger partial charge in [-0.3, -0.25) is 14.3 Å². The number of aromatic nitrogens is 2. The van der Waals surface area contributed by atoms with Crippen molar-refractivity contribution < 1.29 is 0 Å². The average molecular weight is 425 g/mol. The quantitative estimate of drug-likeness (QED) is 0.710. The van der Waals surface area contributed by atoms with Gasteiger partial charge in [0.25, 0.3) is 5.56 Å². The number of likely N-dealkylation sites (N-methyl/N-ethyl adjacent to an activating group) is 1. The standard InChI is InChI=1S/C21H30Cl2N4O/c1-5-7-19(26-9-8-25(4)12-14(3)13-26)20-24-18-11-17(23)16(22)10-15(18)21(28)27(20)6-2/h10-11,14,19H,5-9,12-13H2,1-4H3/t14-,19-/m1/s1. The van der Waals surface area contributed by atoms with E-state index in [1.165, 1.54) is 0 Å². The molecule has 0 saturated carbocycles. The van der Waals surface area contributed by atoms with Crippen LogP contribution in [0.1, 0.15) is 45.5 Å². The Bertz CT molecular complexity index is 898. The van der Waals surface area contributed by atoms with E-state index in [-0.39, 0.29) is 11.6 Å². The predicted octanol–water partition coefficient (Wildman–Crippen LogP) is 4.45. The minimum Gasteiger partial charge on any atom is -0.305 e. The van der Waals surface area contributed by atoms with E-state index in [2.05, 4.69) is 30.7 Å². The fraction of sp³-hybridized carbons (Fsp3) is 0.619. The molecule has 0 bridgehead atoms. The lowest BCUT2D eigenvalue weighted by molar-refractivity contribution is 0.167. The summed E-state index contributed by atoms with van der Waals surface area (Å²) in [6.45, 7) is 11.2. The summed E-state index contributed by atoms with van der Waals surface area (Å²) in [5.74, 6) is 1.42. The molecule has 2 heterocycles. The molecule has 154 valence electrons. The Morgan fingerprint density at radius 3 is 2.57 bits per heavy atom. The lowest BCUT2D eigenvalue weighted by Gasteiger charge is -2.32. The largest absolute Gasteiger partial charge is 0.305 e. The Kier molecular flexibility index (Phi) is 7.02. The minimum absolute atomic E-state index is 0.0397. The molecular weight excluding hydrogens is 395 g/mol. The highest BCUT2D eigenvalue weighted by atomic mass is 35.5. The molecule has 0 N–H and O–H groups in total. The van der Waals surface area contributed by atoms with Gasteiger partial charge in [0.05, 0.1) is 27.0 Å². The van der Waals surface area contributed by atoms with E-state index in [0.29, 0.717) is 33.4 Å². The van der Waals surface area contributed by atoms with Crippen molar-refractivity contribution in [2.45, 2.75) is 46.2 Å². The maximum Gasteiger partial charge on any atom is 0.261 e. The van der Waals surface area contributed by atoms with Crippen molar-refractivity contribution in [1.82, 2.24) is 19.4 Å². The van der Waals surface area contributed by atoms with Crippen LogP contribution in [0.3, 0.4) is 0 Å². The van der Waals surface area contributed by atoms with Crippen LogP contribution in [0.4, 0.5) is 0 Å². The first kappa shape index (κ1) is 21.6. The zero-order chi connectivity index (χ0) is 20.4. The lowest BCUT2D eigenvalue weighted by Crippen LogP contribution is -2.38. The molecule has 28 heavy (non-hydrogen) atoms. The van der Waals surface area contributed by atoms with E-state index in [1.807, 2.05) is 11.5 Å². The summed E-state index contributed by atoms with van der Waals surface area (Å²) in [7, 11) is 2.18. The fourth-order valence-electron chi connectivity index (χ4n) is 4.30. The first-order valence-corrected chi connectivity index (χ1v) is 10.9. The highest BCUT2D eigenvalue weighted by molar-refractivity contribution is 6.42. The van der Waals surface area contributed by atoms with Crippen molar-refractivity contribution in [3.63, 3.8) is 0 Å². The smallest absolute Gasteiger partial charge is 0.261 e. The molecule has 3 rings (SSSR count). The molecule has 0 amide bonds. The number of hydrogen-bond donors (Lipinski definition) is 0. The van der Waals surface area contributed by atoms with E-state index in [9.17, 15) is 4.79 Å². The Balaban J connectivity index is 2.14. The molecule has 0 radical (unpaired) electrons. The number of rotatable bonds is 5. The highest BCUT2D eigenvalue weighted by Gasteiger charge is 2.28. The molecule has 1 aliphatic heterocycles. The summed E-state index contributed by atoms with van der Waals surface area (Å²) in [6, 6.07) is 3.47. The van der Waals surface area contributed by atoms with Gasteiger partial charge in [-0.05, 0) is 38.4 Å². The molecule has 1 aromatic heterocycles. The Labute approximate surface area is 177 Å². The van der Waals surface area contributed by atoms with Crippen molar-refractivity contribution in [2.24, 2.45) is 5.92 Å². The second-order valence-corrected chi connectivity index (χ2v) is 8.78. The van der Waals surface area contributed by atoms with Crippen molar-refractivity contribution in [3.8, 4) is 0 Å². The first-order chi connectivity index (χ1) is 13.3. The molecule has 1 saturated heterocycles. The molecule has 1 aliphatic rings. The van der Waals surface area contributed by atoms with Crippen molar-refractivity contribution in [2.75, 3.05) is 33.2 Å². The van der Waals surface area contributed by atoms with Gasteiger partial charge in [0, 0.05) is 32.7 Å². The van der Waals surface area contributed by atoms with Gasteiger partial charge in [-0.25, -0.2) is 4.98 Å². The van der Waals surface area contributed by atoms with E-state index in [4.69, 9.17) is 28.2 Å².